The molecule has 1 saturated carbocycles. The number of piperidine rings is 1. The molecular formula is C34H42FN3O3S2. The number of amides is 1. The molecule has 1 amide bonds. The highest BCUT2D eigenvalue weighted by Gasteiger charge is 2.43. The van der Waals surface area contributed by atoms with E-state index in [4.69, 9.17) is 9.47 Å². The summed E-state index contributed by atoms with van der Waals surface area (Å²) in [6, 6.07) is 8.48. The molecule has 0 N–H and O–H groups in total. The van der Waals surface area contributed by atoms with Gasteiger partial charge < -0.3 is 14.4 Å². The van der Waals surface area contributed by atoms with Crippen LogP contribution in [-0.2, 0) is 15.2 Å². The molecule has 1 aromatic carbocycles. The Balaban J connectivity index is 1.34. The van der Waals surface area contributed by atoms with Gasteiger partial charge in [0.25, 0.3) is 0 Å². The molecule has 2 aliphatic rings. The maximum absolute atomic E-state index is 15.8. The van der Waals surface area contributed by atoms with Gasteiger partial charge >= 0.3 is 6.09 Å². The zero-order valence-corrected chi connectivity index (χ0v) is 27.6. The largest absolute Gasteiger partial charge is 0.496 e. The molecule has 3 aromatic rings. The number of imidazole rings is 1. The summed E-state index contributed by atoms with van der Waals surface area (Å²) in [5.74, 6) is 1.02. The predicted octanol–water partition coefficient (Wildman–Crippen LogP) is 8.91. The van der Waals surface area contributed by atoms with E-state index in [1.165, 1.54) is 5.56 Å². The summed E-state index contributed by atoms with van der Waals surface area (Å²) in [4.78, 5) is 19.8. The summed E-state index contributed by atoms with van der Waals surface area (Å²) >= 11 is 3.48. The van der Waals surface area contributed by atoms with Crippen molar-refractivity contribution < 1.29 is 18.7 Å². The molecule has 1 aliphatic heterocycles. The van der Waals surface area contributed by atoms with Gasteiger partial charge in [-0.25, -0.2) is 14.2 Å². The number of nitrogens with zero attached hydrogens (tertiary/aromatic N) is 3. The second kappa shape index (κ2) is 12.5. The minimum atomic E-state index is -1.13. The smallest absolute Gasteiger partial charge is 0.410 e. The van der Waals surface area contributed by atoms with E-state index in [2.05, 4.69) is 47.0 Å². The molecule has 2 aromatic heterocycles. The van der Waals surface area contributed by atoms with Gasteiger partial charge in [-0.1, -0.05) is 32.2 Å². The number of thioether (sulfide) groups is 1. The Bertz CT molecular complexity index is 1560. The van der Waals surface area contributed by atoms with Crippen LogP contribution in [-0.4, -0.2) is 57.8 Å². The SMILES string of the molecule is C=C(OC)c1sc(-n2cnc3ccc(CSC4CCN(C(=O)OC(C)(C)C)CC4)cc32)cc1C1C(C)C(=C)/C(=C\C)C1F. The van der Waals surface area contributed by atoms with Crippen molar-refractivity contribution in [3.8, 4) is 5.00 Å². The number of halogens is 1. The van der Waals surface area contributed by atoms with Crippen molar-refractivity contribution in [2.45, 2.75) is 76.2 Å². The van der Waals surface area contributed by atoms with Gasteiger partial charge in [-0.05, 0) is 86.9 Å². The lowest BCUT2D eigenvalue weighted by atomic mass is 9.88. The van der Waals surface area contributed by atoms with Crippen LogP contribution in [0.1, 0.15) is 69.4 Å². The van der Waals surface area contributed by atoms with Crippen LogP contribution in [0.15, 0.2) is 61.0 Å². The van der Waals surface area contributed by atoms with Gasteiger partial charge in [0.2, 0.25) is 0 Å². The highest BCUT2D eigenvalue weighted by Crippen LogP contribution is 2.51. The molecule has 230 valence electrons. The number of rotatable bonds is 7. The van der Waals surface area contributed by atoms with Crippen LogP contribution in [0.2, 0.25) is 0 Å². The first kappa shape index (κ1) is 31.4. The Hall–Kier alpha value is -3.04. The number of alkyl halides is 1. The molecule has 0 bridgehead atoms. The fourth-order valence-corrected chi connectivity index (χ4v) is 8.31. The van der Waals surface area contributed by atoms with E-state index in [1.807, 2.05) is 63.7 Å². The maximum Gasteiger partial charge on any atom is 0.410 e. The van der Waals surface area contributed by atoms with Crippen LogP contribution in [0.3, 0.4) is 0 Å². The highest BCUT2D eigenvalue weighted by atomic mass is 32.2. The van der Waals surface area contributed by atoms with Crippen LogP contribution in [0.5, 0.6) is 0 Å². The van der Waals surface area contributed by atoms with Crippen molar-refractivity contribution >= 4 is 46.0 Å². The molecule has 3 atom stereocenters. The van der Waals surface area contributed by atoms with Gasteiger partial charge in [0, 0.05) is 30.0 Å². The second-order valence-electron chi connectivity index (χ2n) is 12.4. The third kappa shape index (κ3) is 6.43. The molecule has 0 spiro atoms. The number of fused-ring (bicyclic) bond motifs is 1. The third-order valence-electron chi connectivity index (χ3n) is 8.42. The number of carbonyl (C=O) groups excluding carboxylic acids is 1. The Kier molecular flexibility index (Phi) is 9.14. The number of thiophene rings is 1. The van der Waals surface area contributed by atoms with Crippen molar-refractivity contribution in [2.75, 3.05) is 20.2 Å². The second-order valence-corrected chi connectivity index (χ2v) is 14.7. The molecule has 1 saturated heterocycles. The van der Waals surface area contributed by atoms with Crippen molar-refractivity contribution in [1.29, 1.82) is 0 Å². The maximum atomic E-state index is 15.8. The average Bonchev–Trinajstić information content (AvgIpc) is 3.64. The van der Waals surface area contributed by atoms with Gasteiger partial charge in [0.15, 0.2) is 0 Å². The molecule has 0 radical (unpaired) electrons. The zero-order valence-electron chi connectivity index (χ0n) is 26.0. The van der Waals surface area contributed by atoms with E-state index < -0.39 is 11.8 Å². The Morgan fingerprint density at radius 1 is 1.26 bits per heavy atom. The van der Waals surface area contributed by atoms with Crippen LogP contribution in [0.25, 0.3) is 21.8 Å². The molecule has 1 aliphatic carbocycles. The molecule has 6 nitrogen and oxygen atoms in total. The van der Waals surface area contributed by atoms with Gasteiger partial charge in [0.1, 0.15) is 28.9 Å². The first-order chi connectivity index (χ1) is 20.4. The molecule has 43 heavy (non-hydrogen) atoms. The monoisotopic (exact) mass is 623 g/mol. The van der Waals surface area contributed by atoms with Crippen molar-refractivity contribution in [2.24, 2.45) is 5.92 Å². The van der Waals surface area contributed by atoms with Crippen LogP contribution in [0, 0.1) is 5.92 Å². The molecule has 3 unspecified atom stereocenters. The van der Waals surface area contributed by atoms with E-state index in [0.717, 1.165) is 63.7 Å². The molecule has 3 heterocycles. The number of aromatic nitrogens is 2. The van der Waals surface area contributed by atoms with Crippen molar-refractivity contribution in [3.05, 3.63) is 77.0 Å². The fraction of sp³-hybridized carbons (Fsp3) is 0.471. The summed E-state index contributed by atoms with van der Waals surface area (Å²) < 4.78 is 28.9. The fourth-order valence-electron chi connectivity index (χ4n) is 6.01. The molecular weight excluding hydrogens is 582 g/mol. The highest BCUT2D eigenvalue weighted by molar-refractivity contribution is 7.99. The number of hydrogen-bond donors (Lipinski definition) is 0. The van der Waals surface area contributed by atoms with E-state index >= 15 is 4.39 Å². The summed E-state index contributed by atoms with van der Waals surface area (Å²) in [6.07, 6.45) is 4.23. The summed E-state index contributed by atoms with van der Waals surface area (Å²) in [7, 11) is 1.60. The Labute approximate surface area is 262 Å². The van der Waals surface area contributed by atoms with Crippen molar-refractivity contribution in [1.82, 2.24) is 14.5 Å². The zero-order chi connectivity index (χ0) is 31.1. The number of carbonyl (C=O) groups is 1. The summed E-state index contributed by atoms with van der Waals surface area (Å²) in [6.45, 7) is 19.4. The van der Waals surface area contributed by atoms with Crippen molar-refractivity contribution in [3.63, 3.8) is 0 Å². The van der Waals surface area contributed by atoms with E-state index in [9.17, 15) is 4.79 Å². The topological polar surface area (TPSA) is 56.6 Å². The summed E-state index contributed by atoms with van der Waals surface area (Å²) in [5, 5.41) is 1.43. The lowest BCUT2D eigenvalue weighted by Crippen LogP contribution is -2.42. The number of allylic oxidation sites excluding steroid dienone is 3. The molecule has 2 fully saturated rings. The number of ether oxygens (including phenoxy) is 2. The van der Waals surface area contributed by atoms with E-state index in [-0.39, 0.29) is 17.9 Å². The number of benzene rings is 1. The third-order valence-corrected chi connectivity index (χ3v) is 11.1. The normalized spacial score (nSPS) is 22.5. The quantitative estimate of drug-likeness (QED) is 0.246. The van der Waals surface area contributed by atoms with Crippen LogP contribution < -0.4 is 0 Å². The average molecular weight is 624 g/mol. The minimum Gasteiger partial charge on any atom is -0.496 e. The summed E-state index contributed by atoms with van der Waals surface area (Å²) in [5.41, 5.74) is 5.09. The first-order valence-electron chi connectivity index (χ1n) is 14.8. The van der Waals surface area contributed by atoms with Gasteiger partial charge in [0.05, 0.1) is 23.0 Å². The predicted molar refractivity (Wildman–Crippen MR) is 177 cm³/mol. The standard InChI is InChI=1S/C34H42FN3O3S2/c1-9-25-20(2)21(3)30(31(25)35)26-17-29(43-32(26)22(4)40-8)38-19-36-27-11-10-23(16-28(27)38)18-42-24-12-14-37(15-13-24)33(39)41-34(5,6)7/h9-11,16-17,19,21,24,30-31H,2,4,12-15,18H2,1,3,5-8H3/b25-9+. The number of hydrogen-bond acceptors (Lipinski definition) is 6. The lowest BCUT2D eigenvalue weighted by molar-refractivity contribution is 0.0219. The van der Waals surface area contributed by atoms with E-state index in [1.54, 1.807) is 18.4 Å². The Morgan fingerprint density at radius 2 is 1.98 bits per heavy atom. The lowest BCUT2D eigenvalue weighted by Gasteiger charge is -2.33. The van der Waals surface area contributed by atoms with E-state index in [0.29, 0.717) is 16.6 Å². The molecule has 5 rings (SSSR count). The van der Waals surface area contributed by atoms with Gasteiger partial charge in [-0.2, -0.15) is 11.8 Å². The van der Waals surface area contributed by atoms with Gasteiger partial charge in [-0.3, -0.25) is 4.57 Å². The molecule has 9 heteroatoms. The minimum absolute atomic E-state index is 0.0359. The Morgan fingerprint density at radius 3 is 2.60 bits per heavy atom. The number of methoxy groups -OCH3 is 1. The first-order valence-corrected chi connectivity index (χ1v) is 16.7. The number of likely N-dealkylation sites (tertiary alicyclic amines) is 1. The van der Waals surface area contributed by atoms with Crippen LogP contribution in [0.4, 0.5) is 9.18 Å². The van der Waals surface area contributed by atoms with Crippen LogP contribution >= 0.6 is 23.1 Å². The van der Waals surface area contributed by atoms with Gasteiger partial charge in [-0.15, -0.1) is 11.3 Å².